The number of nitrogens with one attached hydrogen (secondary N) is 2. The number of aromatic amines is 1. The molecule has 0 aliphatic rings. The Bertz CT molecular complexity index is 788. The van der Waals surface area contributed by atoms with E-state index in [0.717, 1.165) is 22.0 Å². The van der Waals surface area contributed by atoms with E-state index in [1.807, 2.05) is 31.2 Å². The second-order valence-corrected chi connectivity index (χ2v) is 5.46. The molecule has 23 heavy (non-hydrogen) atoms. The summed E-state index contributed by atoms with van der Waals surface area (Å²) in [6, 6.07) is 7.79. The number of carbonyl (C=O) groups is 2. The first-order valence-corrected chi connectivity index (χ1v) is 7.35. The molecule has 6 nitrogen and oxygen atoms in total. The molecule has 2 N–H and O–H groups in total. The fraction of sp³-hybridized carbons (Fsp3) is 0.353. The van der Waals surface area contributed by atoms with E-state index >= 15 is 0 Å². The molecule has 0 saturated carbocycles. The molecule has 0 fully saturated rings. The zero-order valence-corrected chi connectivity index (χ0v) is 13.4. The predicted molar refractivity (Wildman–Crippen MR) is 85.5 cm³/mol. The lowest BCUT2D eigenvalue weighted by Crippen LogP contribution is -2.55. The van der Waals surface area contributed by atoms with Crippen LogP contribution in [0.1, 0.15) is 25.0 Å². The number of nitrogens with zero attached hydrogens (tertiary/aromatic N) is 1. The van der Waals surface area contributed by atoms with Gasteiger partial charge in [-0.25, -0.2) is 4.79 Å². The monoisotopic (exact) mass is 313 g/mol. The van der Waals surface area contributed by atoms with E-state index in [0.29, 0.717) is 0 Å². The van der Waals surface area contributed by atoms with Crippen molar-refractivity contribution in [1.29, 1.82) is 5.26 Å². The number of aromatic nitrogens is 1. The van der Waals surface area contributed by atoms with E-state index in [4.69, 9.17) is 4.74 Å². The Labute approximate surface area is 134 Å². The summed E-state index contributed by atoms with van der Waals surface area (Å²) in [4.78, 5) is 26.9. The number of fused-ring (bicyclic) bond motifs is 1. The lowest BCUT2D eigenvalue weighted by molar-refractivity contribution is -0.150. The highest BCUT2D eigenvalue weighted by molar-refractivity contribution is 5.92. The van der Waals surface area contributed by atoms with Gasteiger partial charge in [0.25, 0.3) is 0 Å². The van der Waals surface area contributed by atoms with Crippen LogP contribution in [-0.2, 0) is 20.7 Å². The Balaban J connectivity index is 2.45. The van der Waals surface area contributed by atoms with Gasteiger partial charge < -0.3 is 15.0 Å². The first-order chi connectivity index (χ1) is 10.9. The number of nitriles is 1. The molecule has 1 heterocycles. The van der Waals surface area contributed by atoms with Crippen molar-refractivity contribution in [2.45, 2.75) is 32.7 Å². The largest absolute Gasteiger partial charge is 0.463 e. The molecule has 0 spiro atoms. The highest BCUT2D eigenvalue weighted by atomic mass is 16.5. The lowest BCUT2D eigenvalue weighted by Gasteiger charge is -2.24. The zero-order chi connectivity index (χ0) is 17.0. The quantitative estimate of drug-likeness (QED) is 0.825. The van der Waals surface area contributed by atoms with Gasteiger partial charge in [0.1, 0.15) is 6.07 Å². The van der Waals surface area contributed by atoms with Gasteiger partial charge in [-0.05, 0) is 31.0 Å². The second kappa shape index (κ2) is 6.53. The van der Waals surface area contributed by atoms with Crippen molar-refractivity contribution < 1.29 is 14.3 Å². The molecule has 0 saturated heterocycles. The number of H-pyrrole nitrogens is 1. The van der Waals surface area contributed by atoms with Gasteiger partial charge in [-0.3, -0.25) is 4.79 Å². The summed E-state index contributed by atoms with van der Waals surface area (Å²) in [7, 11) is 0. The van der Waals surface area contributed by atoms with Crippen LogP contribution in [0.15, 0.2) is 24.4 Å². The maximum Gasteiger partial charge on any atom is 0.347 e. The third-order valence-electron chi connectivity index (χ3n) is 3.58. The number of hydrogen-bond acceptors (Lipinski definition) is 4. The summed E-state index contributed by atoms with van der Waals surface area (Å²) in [5, 5.41) is 12.9. The van der Waals surface area contributed by atoms with Crippen LogP contribution in [0.3, 0.4) is 0 Å². The highest BCUT2D eigenvalue weighted by Crippen LogP contribution is 2.24. The molecular weight excluding hydrogens is 294 g/mol. The van der Waals surface area contributed by atoms with Crippen molar-refractivity contribution in [3.63, 3.8) is 0 Å². The molecule has 2 aromatic rings. The molecule has 2 rings (SSSR count). The smallest absolute Gasteiger partial charge is 0.347 e. The molecule has 0 bridgehead atoms. The van der Waals surface area contributed by atoms with Crippen LogP contribution in [-0.4, -0.2) is 29.0 Å². The Morgan fingerprint density at radius 1 is 1.43 bits per heavy atom. The van der Waals surface area contributed by atoms with E-state index in [-0.39, 0.29) is 13.0 Å². The van der Waals surface area contributed by atoms with Gasteiger partial charge >= 0.3 is 5.97 Å². The molecule has 0 unspecified atom stereocenters. The molecule has 120 valence electrons. The second-order valence-electron chi connectivity index (χ2n) is 5.46. The van der Waals surface area contributed by atoms with Gasteiger partial charge in [0.15, 0.2) is 0 Å². The Kier molecular flexibility index (Phi) is 4.70. The third-order valence-corrected chi connectivity index (χ3v) is 3.58. The normalized spacial score (nSPS) is 13.1. The minimum absolute atomic E-state index is 0.0327. The van der Waals surface area contributed by atoms with Gasteiger partial charge in [0, 0.05) is 30.4 Å². The summed E-state index contributed by atoms with van der Waals surface area (Å²) in [6.07, 6.45) is 1.78. The summed E-state index contributed by atoms with van der Waals surface area (Å²) < 4.78 is 4.99. The average Bonchev–Trinajstić information content (AvgIpc) is 2.88. The average molecular weight is 313 g/mol. The first kappa shape index (κ1) is 16.6. The third kappa shape index (κ3) is 3.34. The number of rotatable bonds is 5. The maximum atomic E-state index is 12.3. The first-order valence-electron chi connectivity index (χ1n) is 7.35. The predicted octanol–water partition coefficient (Wildman–Crippen LogP) is 1.98. The molecule has 1 aromatic heterocycles. The maximum absolute atomic E-state index is 12.3. The summed E-state index contributed by atoms with van der Waals surface area (Å²) in [5.41, 5.74) is 1.05. The van der Waals surface area contributed by atoms with Gasteiger partial charge in [0.05, 0.1) is 6.61 Å². The summed E-state index contributed by atoms with van der Waals surface area (Å²) in [5.74, 6) is -1.21. The fourth-order valence-electron chi connectivity index (χ4n) is 2.57. The van der Waals surface area contributed by atoms with E-state index in [9.17, 15) is 14.9 Å². The fourth-order valence-corrected chi connectivity index (χ4v) is 2.57. The minimum Gasteiger partial charge on any atom is -0.463 e. The van der Waals surface area contributed by atoms with E-state index in [1.54, 1.807) is 13.1 Å². The number of aryl methyl sites for hydroxylation is 1. The number of benzene rings is 1. The van der Waals surface area contributed by atoms with E-state index < -0.39 is 17.4 Å². The molecule has 0 aliphatic heterocycles. The van der Waals surface area contributed by atoms with Crippen molar-refractivity contribution in [2.75, 3.05) is 6.61 Å². The molecule has 6 heteroatoms. The molecule has 1 atom stereocenters. The Morgan fingerprint density at radius 2 is 2.17 bits per heavy atom. The number of carbonyl (C=O) groups excluding carboxylic acids is 2. The number of amides is 1. The van der Waals surface area contributed by atoms with Crippen LogP contribution in [0, 0.1) is 18.3 Å². The number of esters is 1. The van der Waals surface area contributed by atoms with Gasteiger partial charge in [-0.2, -0.15) is 5.26 Å². The van der Waals surface area contributed by atoms with Gasteiger partial charge in [-0.1, -0.05) is 12.1 Å². The van der Waals surface area contributed by atoms with Crippen molar-refractivity contribution in [1.82, 2.24) is 10.3 Å². The Morgan fingerprint density at radius 3 is 2.78 bits per heavy atom. The molecule has 1 aromatic carbocycles. The lowest BCUT2D eigenvalue weighted by atomic mass is 9.91. The zero-order valence-electron chi connectivity index (χ0n) is 13.4. The number of hydrogen-bond donors (Lipinski definition) is 2. The highest BCUT2D eigenvalue weighted by Gasteiger charge is 2.42. The topological polar surface area (TPSA) is 95.0 Å². The summed E-state index contributed by atoms with van der Waals surface area (Å²) >= 11 is 0. The van der Waals surface area contributed by atoms with Crippen LogP contribution < -0.4 is 5.32 Å². The SMILES string of the molecule is CCOC(=O)[C@@](C#N)(Cc1c[nH]c2cc(C)ccc12)NC(C)=O. The number of ether oxygens (including phenoxy) is 1. The molecule has 1 amide bonds. The minimum atomic E-state index is -1.73. The van der Waals surface area contributed by atoms with Crippen molar-refractivity contribution in [2.24, 2.45) is 0 Å². The van der Waals surface area contributed by atoms with Gasteiger partial charge in [0.2, 0.25) is 11.4 Å². The van der Waals surface area contributed by atoms with Crippen molar-refractivity contribution >= 4 is 22.8 Å². The van der Waals surface area contributed by atoms with E-state index in [2.05, 4.69) is 10.3 Å². The standard InChI is InChI=1S/C17H19N3O3/c1-4-23-16(22)17(10-18,20-12(3)21)8-13-9-19-15-7-11(2)5-6-14(13)15/h5-7,9,19H,4,8H2,1-3H3,(H,20,21)/t17-/m0/s1. The van der Waals surface area contributed by atoms with Crippen LogP contribution >= 0.6 is 0 Å². The summed E-state index contributed by atoms with van der Waals surface area (Å²) in [6.45, 7) is 5.04. The molecule has 0 aliphatic carbocycles. The van der Waals surface area contributed by atoms with E-state index in [1.165, 1.54) is 6.92 Å². The van der Waals surface area contributed by atoms with Crippen LogP contribution in [0.4, 0.5) is 0 Å². The van der Waals surface area contributed by atoms with Crippen LogP contribution in [0.2, 0.25) is 0 Å². The van der Waals surface area contributed by atoms with Crippen LogP contribution in [0.25, 0.3) is 10.9 Å². The van der Waals surface area contributed by atoms with Gasteiger partial charge in [-0.15, -0.1) is 0 Å². The molecule has 0 radical (unpaired) electrons. The van der Waals surface area contributed by atoms with Crippen molar-refractivity contribution in [3.8, 4) is 6.07 Å². The van der Waals surface area contributed by atoms with Crippen LogP contribution in [0.5, 0.6) is 0 Å². The van der Waals surface area contributed by atoms with Crippen molar-refractivity contribution in [3.05, 3.63) is 35.5 Å². The molecular formula is C17H19N3O3. The Hall–Kier alpha value is -2.81.